The fourth-order valence-electron chi connectivity index (χ4n) is 2.15. The Hall–Kier alpha value is -3.37. The molecule has 1 amide bonds. The molecule has 0 aliphatic rings. The Morgan fingerprint density at radius 1 is 1.32 bits per heavy atom. The summed E-state index contributed by atoms with van der Waals surface area (Å²) in [4.78, 5) is 23.0. The van der Waals surface area contributed by atoms with Gasteiger partial charge in [0.2, 0.25) is 0 Å². The van der Waals surface area contributed by atoms with E-state index in [0.717, 1.165) is 0 Å². The SMILES string of the molecule is C#Cc1cccc(NC(=O)c2ccc(NCCOC)c([N+](=O)[O-])c2)c1. The molecule has 0 fully saturated rings. The molecule has 0 atom stereocenters. The molecule has 0 aliphatic carbocycles. The van der Waals surface area contributed by atoms with Crippen LogP contribution in [0.15, 0.2) is 42.5 Å². The highest BCUT2D eigenvalue weighted by Crippen LogP contribution is 2.26. The number of amides is 1. The largest absolute Gasteiger partial charge is 0.383 e. The Labute approximate surface area is 145 Å². The van der Waals surface area contributed by atoms with Crippen LogP contribution in [0.4, 0.5) is 17.1 Å². The summed E-state index contributed by atoms with van der Waals surface area (Å²) in [7, 11) is 1.54. The number of nitrogens with zero attached hydrogens (tertiary/aromatic N) is 1. The van der Waals surface area contributed by atoms with E-state index in [1.807, 2.05) is 0 Å². The maximum atomic E-state index is 12.3. The average molecular weight is 339 g/mol. The van der Waals surface area contributed by atoms with Crippen LogP contribution in [0.2, 0.25) is 0 Å². The molecule has 0 radical (unpaired) electrons. The smallest absolute Gasteiger partial charge is 0.293 e. The number of ether oxygens (including phenoxy) is 1. The lowest BCUT2D eigenvalue weighted by Gasteiger charge is -2.09. The van der Waals surface area contributed by atoms with Gasteiger partial charge in [-0.15, -0.1) is 6.42 Å². The molecule has 0 saturated carbocycles. The van der Waals surface area contributed by atoms with Crippen LogP contribution in [-0.2, 0) is 4.74 Å². The number of nitrogens with one attached hydrogen (secondary N) is 2. The number of carbonyl (C=O) groups is 1. The Morgan fingerprint density at radius 2 is 2.12 bits per heavy atom. The van der Waals surface area contributed by atoms with Gasteiger partial charge in [0.15, 0.2) is 0 Å². The molecule has 25 heavy (non-hydrogen) atoms. The van der Waals surface area contributed by atoms with Crippen molar-refractivity contribution < 1.29 is 14.5 Å². The van der Waals surface area contributed by atoms with E-state index in [-0.39, 0.29) is 11.3 Å². The first-order valence-electron chi connectivity index (χ1n) is 7.44. The van der Waals surface area contributed by atoms with Crippen molar-refractivity contribution >= 4 is 23.0 Å². The third-order valence-corrected chi connectivity index (χ3v) is 3.37. The van der Waals surface area contributed by atoms with Gasteiger partial charge < -0.3 is 15.4 Å². The number of benzene rings is 2. The number of hydrogen-bond donors (Lipinski definition) is 2. The van der Waals surface area contributed by atoms with E-state index >= 15 is 0 Å². The van der Waals surface area contributed by atoms with Gasteiger partial charge in [-0.1, -0.05) is 12.0 Å². The molecule has 0 spiro atoms. The van der Waals surface area contributed by atoms with Crippen molar-refractivity contribution in [1.82, 2.24) is 0 Å². The van der Waals surface area contributed by atoms with Gasteiger partial charge in [0.25, 0.3) is 11.6 Å². The van der Waals surface area contributed by atoms with E-state index in [2.05, 4.69) is 16.6 Å². The van der Waals surface area contributed by atoms with E-state index < -0.39 is 10.8 Å². The maximum Gasteiger partial charge on any atom is 0.293 e. The normalized spacial score (nSPS) is 9.92. The third kappa shape index (κ3) is 4.80. The van der Waals surface area contributed by atoms with Gasteiger partial charge in [-0.25, -0.2) is 0 Å². The number of rotatable bonds is 7. The van der Waals surface area contributed by atoms with Gasteiger partial charge in [-0.05, 0) is 30.3 Å². The molecule has 2 aromatic rings. The Kier molecular flexibility index (Phi) is 6.09. The Morgan fingerprint density at radius 3 is 2.80 bits per heavy atom. The van der Waals surface area contributed by atoms with E-state index in [9.17, 15) is 14.9 Å². The number of nitro benzene ring substituents is 1. The standard InChI is InChI=1S/C18H17N3O4/c1-3-13-5-4-6-15(11-13)20-18(22)14-7-8-16(19-9-10-25-2)17(12-14)21(23)24/h1,4-8,11-12,19H,9-10H2,2H3,(H,20,22). The minimum atomic E-state index is -0.537. The fourth-order valence-corrected chi connectivity index (χ4v) is 2.15. The Balaban J connectivity index is 2.20. The molecule has 0 unspecified atom stereocenters. The first-order valence-corrected chi connectivity index (χ1v) is 7.44. The van der Waals surface area contributed by atoms with Crippen LogP contribution in [0.3, 0.4) is 0 Å². The van der Waals surface area contributed by atoms with E-state index in [0.29, 0.717) is 30.1 Å². The molecule has 0 bridgehead atoms. The van der Waals surface area contributed by atoms with Crippen LogP contribution in [0.25, 0.3) is 0 Å². The summed E-state index contributed by atoms with van der Waals surface area (Å²) in [5, 5.41) is 16.8. The van der Waals surface area contributed by atoms with Crippen LogP contribution < -0.4 is 10.6 Å². The molecule has 7 nitrogen and oxygen atoms in total. The summed E-state index contributed by atoms with van der Waals surface area (Å²) in [6.45, 7) is 0.826. The maximum absolute atomic E-state index is 12.3. The fraction of sp³-hybridized carbons (Fsp3) is 0.167. The van der Waals surface area contributed by atoms with E-state index in [1.54, 1.807) is 31.4 Å². The van der Waals surface area contributed by atoms with Gasteiger partial charge >= 0.3 is 0 Å². The lowest BCUT2D eigenvalue weighted by molar-refractivity contribution is -0.384. The lowest BCUT2D eigenvalue weighted by Crippen LogP contribution is -2.13. The summed E-state index contributed by atoms with van der Waals surface area (Å²) in [5.74, 6) is 2.02. The number of methoxy groups -OCH3 is 1. The van der Waals surface area contributed by atoms with Gasteiger partial charge in [-0.3, -0.25) is 14.9 Å². The summed E-state index contributed by atoms with van der Waals surface area (Å²) in [6, 6.07) is 11.0. The van der Waals surface area contributed by atoms with Crippen molar-refractivity contribution in [3.05, 3.63) is 63.7 Å². The first-order chi connectivity index (χ1) is 12.0. The Bertz CT molecular complexity index is 827. The van der Waals surface area contributed by atoms with Crippen LogP contribution in [0, 0.1) is 22.5 Å². The van der Waals surface area contributed by atoms with Crippen molar-refractivity contribution in [2.75, 3.05) is 30.9 Å². The minimum Gasteiger partial charge on any atom is -0.383 e. The number of carbonyl (C=O) groups excluding carboxylic acids is 1. The molecule has 2 aromatic carbocycles. The number of nitro groups is 1. The second-order valence-electron chi connectivity index (χ2n) is 5.09. The number of anilines is 2. The summed E-state index contributed by atoms with van der Waals surface area (Å²) >= 11 is 0. The van der Waals surface area contributed by atoms with Crippen LogP contribution in [0.1, 0.15) is 15.9 Å². The molecule has 0 heterocycles. The zero-order valence-corrected chi connectivity index (χ0v) is 13.6. The van der Waals surface area contributed by atoms with Crippen molar-refractivity contribution in [3.8, 4) is 12.3 Å². The monoisotopic (exact) mass is 339 g/mol. The van der Waals surface area contributed by atoms with Crippen LogP contribution >= 0.6 is 0 Å². The van der Waals surface area contributed by atoms with Gasteiger partial charge in [0.1, 0.15) is 5.69 Å². The van der Waals surface area contributed by atoms with Crippen LogP contribution in [-0.4, -0.2) is 31.1 Å². The van der Waals surface area contributed by atoms with Crippen molar-refractivity contribution in [1.29, 1.82) is 0 Å². The molecule has 7 heteroatoms. The molecular weight excluding hydrogens is 322 g/mol. The summed E-state index contributed by atoms with van der Waals surface area (Å²) in [6.07, 6.45) is 5.33. The molecule has 0 aliphatic heterocycles. The number of terminal acetylenes is 1. The van der Waals surface area contributed by atoms with Gasteiger partial charge in [0, 0.05) is 36.5 Å². The average Bonchev–Trinajstić information content (AvgIpc) is 2.62. The second-order valence-corrected chi connectivity index (χ2v) is 5.09. The molecule has 2 rings (SSSR count). The zero-order valence-electron chi connectivity index (χ0n) is 13.6. The molecular formula is C18H17N3O4. The predicted octanol–water partition coefficient (Wildman–Crippen LogP) is 2.89. The lowest BCUT2D eigenvalue weighted by atomic mass is 10.1. The van der Waals surface area contributed by atoms with Crippen molar-refractivity contribution in [2.45, 2.75) is 0 Å². The molecule has 0 aromatic heterocycles. The van der Waals surface area contributed by atoms with E-state index in [1.165, 1.54) is 18.2 Å². The highest BCUT2D eigenvalue weighted by Gasteiger charge is 2.17. The minimum absolute atomic E-state index is 0.176. The first kappa shape index (κ1) is 18.0. The topological polar surface area (TPSA) is 93.5 Å². The van der Waals surface area contributed by atoms with Gasteiger partial charge in [-0.2, -0.15) is 0 Å². The quantitative estimate of drug-likeness (QED) is 0.350. The molecule has 128 valence electrons. The predicted molar refractivity (Wildman–Crippen MR) is 95.8 cm³/mol. The summed E-state index contributed by atoms with van der Waals surface area (Å²) in [5.41, 5.74) is 1.47. The van der Waals surface area contributed by atoms with Crippen molar-refractivity contribution in [3.63, 3.8) is 0 Å². The summed E-state index contributed by atoms with van der Waals surface area (Å²) < 4.78 is 4.90. The third-order valence-electron chi connectivity index (χ3n) is 3.37. The van der Waals surface area contributed by atoms with Gasteiger partial charge in [0.05, 0.1) is 11.5 Å². The highest BCUT2D eigenvalue weighted by atomic mass is 16.6. The number of hydrogen-bond acceptors (Lipinski definition) is 5. The molecule has 2 N–H and O–H groups in total. The van der Waals surface area contributed by atoms with E-state index in [4.69, 9.17) is 11.2 Å². The second kappa shape index (κ2) is 8.47. The molecule has 0 saturated heterocycles. The van der Waals surface area contributed by atoms with Crippen molar-refractivity contribution in [2.24, 2.45) is 0 Å². The van der Waals surface area contributed by atoms with Crippen LogP contribution in [0.5, 0.6) is 0 Å². The zero-order chi connectivity index (χ0) is 18.2. The highest BCUT2D eigenvalue weighted by molar-refractivity contribution is 6.05.